The van der Waals surface area contributed by atoms with Gasteiger partial charge in [0.1, 0.15) is 6.42 Å². The van der Waals surface area contributed by atoms with Crippen molar-refractivity contribution in [1.82, 2.24) is 15.2 Å². The minimum atomic E-state index is -0.217. The Morgan fingerprint density at radius 3 is 2.60 bits per heavy atom. The lowest BCUT2D eigenvalue weighted by Crippen LogP contribution is -2.40. The number of carbonyl (C=O) groups excluding carboxylic acids is 2. The van der Waals surface area contributed by atoms with Gasteiger partial charge in [-0.05, 0) is 36.5 Å². The number of rotatable bonds is 4. The predicted octanol–water partition coefficient (Wildman–Crippen LogP) is 1.35. The first-order valence-electron chi connectivity index (χ1n) is 7.08. The normalized spacial score (nSPS) is 15.9. The van der Waals surface area contributed by atoms with E-state index in [-0.39, 0.29) is 18.2 Å². The van der Waals surface area contributed by atoms with Gasteiger partial charge in [-0.1, -0.05) is 6.92 Å². The van der Waals surface area contributed by atoms with Crippen LogP contribution in [0.3, 0.4) is 0 Å². The Morgan fingerprint density at radius 1 is 1.30 bits per heavy atom. The van der Waals surface area contributed by atoms with Gasteiger partial charge in [-0.3, -0.25) is 14.6 Å². The summed E-state index contributed by atoms with van der Waals surface area (Å²) in [4.78, 5) is 29.5. The average Bonchev–Trinajstić information content (AvgIpc) is 2.47. The molecule has 1 aliphatic rings. The molecule has 2 rings (SSSR count). The number of nitrogens with zero attached hydrogens (tertiary/aromatic N) is 2. The van der Waals surface area contributed by atoms with Crippen molar-refractivity contribution in [3.63, 3.8) is 0 Å². The largest absolute Gasteiger partial charge is 0.352 e. The van der Waals surface area contributed by atoms with Gasteiger partial charge in [0.25, 0.3) is 0 Å². The third kappa shape index (κ3) is 4.33. The maximum Gasteiger partial charge on any atom is 0.232 e. The van der Waals surface area contributed by atoms with Gasteiger partial charge in [0.2, 0.25) is 11.8 Å². The summed E-state index contributed by atoms with van der Waals surface area (Å²) in [6.45, 7) is 4.18. The first-order chi connectivity index (χ1) is 9.65. The summed E-state index contributed by atoms with van der Waals surface area (Å²) in [5, 5.41) is 2.76. The fourth-order valence-electron chi connectivity index (χ4n) is 2.27. The quantitative estimate of drug-likeness (QED) is 0.844. The van der Waals surface area contributed by atoms with Gasteiger partial charge in [0.15, 0.2) is 0 Å². The number of aromatic nitrogens is 1. The van der Waals surface area contributed by atoms with Gasteiger partial charge < -0.3 is 10.2 Å². The van der Waals surface area contributed by atoms with Crippen LogP contribution in [0.5, 0.6) is 0 Å². The second-order valence-corrected chi connectivity index (χ2v) is 5.37. The molecule has 0 radical (unpaired) electrons. The molecule has 1 N–H and O–H groups in total. The van der Waals surface area contributed by atoms with Crippen molar-refractivity contribution in [2.24, 2.45) is 5.92 Å². The van der Waals surface area contributed by atoms with E-state index in [9.17, 15) is 9.59 Å². The number of pyridine rings is 1. The summed E-state index contributed by atoms with van der Waals surface area (Å²) in [7, 11) is 0. The Kier molecular flexibility index (Phi) is 5.09. The highest BCUT2D eigenvalue weighted by molar-refractivity contribution is 5.96. The van der Waals surface area contributed by atoms with E-state index in [1.54, 1.807) is 17.3 Å². The highest BCUT2D eigenvalue weighted by Crippen LogP contribution is 2.16. The van der Waals surface area contributed by atoms with Gasteiger partial charge in [0.05, 0.1) is 0 Å². The molecule has 0 saturated carbocycles. The minimum absolute atomic E-state index is 0.0561. The second-order valence-electron chi connectivity index (χ2n) is 5.37. The van der Waals surface area contributed by atoms with Crippen LogP contribution in [0.25, 0.3) is 0 Å². The summed E-state index contributed by atoms with van der Waals surface area (Å²) in [5.41, 5.74) is 0.979. The van der Waals surface area contributed by atoms with Gasteiger partial charge in [-0.2, -0.15) is 0 Å². The lowest BCUT2D eigenvalue weighted by molar-refractivity contribution is -0.137. The maximum absolute atomic E-state index is 12.0. The van der Waals surface area contributed by atoms with Crippen LogP contribution in [0.4, 0.5) is 0 Å². The van der Waals surface area contributed by atoms with Crippen LogP contribution in [-0.4, -0.2) is 34.8 Å². The summed E-state index contributed by atoms with van der Waals surface area (Å²) in [6, 6.07) is 3.68. The highest BCUT2D eigenvalue weighted by Gasteiger charge is 2.21. The Balaban J connectivity index is 1.72. The fourth-order valence-corrected chi connectivity index (χ4v) is 2.27. The van der Waals surface area contributed by atoms with Gasteiger partial charge in [-0.25, -0.2) is 0 Å². The van der Waals surface area contributed by atoms with E-state index >= 15 is 0 Å². The van der Waals surface area contributed by atoms with Crippen molar-refractivity contribution in [2.45, 2.75) is 32.7 Å². The summed E-state index contributed by atoms with van der Waals surface area (Å²) in [5.74, 6) is 0.397. The molecular formula is C15H21N3O2. The average molecular weight is 275 g/mol. The van der Waals surface area contributed by atoms with Crippen molar-refractivity contribution >= 4 is 11.8 Å². The molecule has 0 bridgehead atoms. The molecule has 0 atom stereocenters. The Bertz CT molecular complexity index is 453. The highest BCUT2D eigenvalue weighted by atomic mass is 16.2. The van der Waals surface area contributed by atoms with Gasteiger partial charge >= 0.3 is 0 Å². The van der Waals surface area contributed by atoms with Crippen LogP contribution < -0.4 is 5.32 Å². The van der Waals surface area contributed by atoms with Crippen molar-refractivity contribution in [1.29, 1.82) is 0 Å². The van der Waals surface area contributed by atoms with E-state index in [2.05, 4.69) is 17.2 Å². The molecule has 5 nitrogen and oxygen atoms in total. The third-order valence-electron chi connectivity index (χ3n) is 3.69. The molecule has 0 aliphatic carbocycles. The number of hydrogen-bond acceptors (Lipinski definition) is 3. The minimum Gasteiger partial charge on any atom is -0.352 e. The SMILES string of the molecule is CC1CCN(C(=O)CC(=O)NCc2ccncc2)CC1. The van der Waals surface area contributed by atoms with Crippen LogP contribution in [0.2, 0.25) is 0 Å². The standard InChI is InChI=1S/C15H21N3O2/c1-12-4-8-18(9-5-12)15(20)10-14(19)17-11-13-2-6-16-7-3-13/h2-3,6-7,12H,4-5,8-11H2,1H3,(H,17,19). The molecular weight excluding hydrogens is 254 g/mol. The molecule has 1 saturated heterocycles. The molecule has 1 fully saturated rings. The summed E-state index contributed by atoms with van der Waals surface area (Å²) in [6.07, 6.45) is 5.37. The first-order valence-corrected chi connectivity index (χ1v) is 7.08. The molecule has 20 heavy (non-hydrogen) atoms. The van der Waals surface area contributed by atoms with E-state index in [0.717, 1.165) is 31.5 Å². The summed E-state index contributed by atoms with van der Waals surface area (Å²) < 4.78 is 0. The molecule has 108 valence electrons. The van der Waals surface area contributed by atoms with E-state index in [1.807, 2.05) is 12.1 Å². The zero-order valence-corrected chi connectivity index (χ0v) is 11.8. The van der Waals surface area contributed by atoms with Crippen molar-refractivity contribution < 1.29 is 9.59 Å². The molecule has 2 heterocycles. The Labute approximate surface area is 119 Å². The van der Waals surface area contributed by atoms with Crippen LogP contribution in [0.1, 0.15) is 31.7 Å². The number of amides is 2. The van der Waals surface area contributed by atoms with Crippen LogP contribution in [0, 0.1) is 5.92 Å². The number of carbonyl (C=O) groups is 2. The van der Waals surface area contributed by atoms with E-state index in [1.165, 1.54) is 0 Å². The topological polar surface area (TPSA) is 62.3 Å². The zero-order valence-electron chi connectivity index (χ0n) is 11.8. The van der Waals surface area contributed by atoms with Gasteiger partial charge in [0, 0.05) is 32.0 Å². The molecule has 1 aromatic heterocycles. The Morgan fingerprint density at radius 2 is 1.95 bits per heavy atom. The molecule has 2 amide bonds. The zero-order chi connectivity index (χ0) is 14.4. The van der Waals surface area contributed by atoms with E-state index in [4.69, 9.17) is 0 Å². The lowest BCUT2D eigenvalue weighted by atomic mass is 9.99. The van der Waals surface area contributed by atoms with Crippen molar-refractivity contribution in [3.05, 3.63) is 30.1 Å². The number of piperidine rings is 1. The van der Waals surface area contributed by atoms with E-state index in [0.29, 0.717) is 12.5 Å². The van der Waals surface area contributed by atoms with Crippen molar-refractivity contribution in [3.8, 4) is 0 Å². The molecule has 0 spiro atoms. The lowest BCUT2D eigenvalue weighted by Gasteiger charge is -2.30. The number of hydrogen-bond donors (Lipinski definition) is 1. The smallest absolute Gasteiger partial charge is 0.232 e. The molecule has 1 aliphatic heterocycles. The fraction of sp³-hybridized carbons (Fsp3) is 0.533. The van der Waals surface area contributed by atoms with Gasteiger partial charge in [-0.15, -0.1) is 0 Å². The maximum atomic E-state index is 12.0. The first kappa shape index (κ1) is 14.5. The molecule has 0 aromatic carbocycles. The van der Waals surface area contributed by atoms with E-state index < -0.39 is 0 Å². The summed E-state index contributed by atoms with van der Waals surface area (Å²) >= 11 is 0. The number of nitrogens with one attached hydrogen (secondary N) is 1. The third-order valence-corrected chi connectivity index (χ3v) is 3.69. The number of likely N-dealkylation sites (tertiary alicyclic amines) is 1. The van der Waals surface area contributed by atoms with Crippen molar-refractivity contribution in [2.75, 3.05) is 13.1 Å². The van der Waals surface area contributed by atoms with Crippen LogP contribution >= 0.6 is 0 Å². The van der Waals surface area contributed by atoms with Crippen LogP contribution in [0.15, 0.2) is 24.5 Å². The van der Waals surface area contributed by atoms with Crippen LogP contribution in [-0.2, 0) is 16.1 Å². The molecule has 1 aromatic rings. The monoisotopic (exact) mass is 275 g/mol. The second kappa shape index (κ2) is 7.03. The molecule has 0 unspecified atom stereocenters. The Hall–Kier alpha value is -1.91. The molecule has 5 heteroatoms. The predicted molar refractivity (Wildman–Crippen MR) is 75.7 cm³/mol.